The molecule has 0 bridgehead atoms. The minimum absolute atomic E-state index is 0.0771. The van der Waals surface area contributed by atoms with E-state index in [2.05, 4.69) is 17.3 Å². The Morgan fingerprint density at radius 3 is 2.24 bits per heavy atom. The monoisotopic (exact) mass is 415 g/mol. The number of hydrogen-bond acceptors (Lipinski definition) is 4. The lowest BCUT2D eigenvalue weighted by Gasteiger charge is -2.29. The molecule has 0 spiro atoms. The molecule has 1 N–H and O–H groups in total. The van der Waals surface area contributed by atoms with Crippen LogP contribution in [0.4, 0.5) is 0 Å². The Morgan fingerprint density at radius 2 is 1.66 bits per heavy atom. The molecule has 0 aliphatic carbocycles. The lowest BCUT2D eigenvalue weighted by molar-refractivity contribution is 0.0917. The summed E-state index contributed by atoms with van der Waals surface area (Å²) in [5, 5.41) is 3.09. The van der Waals surface area contributed by atoms with Crippen molar-refractivity contribution in [1.29, 1.82) is 0 Å². The summed E-state index contributed by atoms with van der Waals surface area (Å²) in [7, 11) is 0.101. The molecule has 1 amide bonds. The lowest BCUT2D eigenvalue weighted by atomic mass is 10.0. The molecule has 0 unspecified atom stereocenters. The van der Waals surface area contributed by atoms with Crippen LogP contribution in [-0.2, 0) is 16.6 Å². The molecule has 0 saturated carbocycles. The van der Waals surface area contributed by atoms with Crippen molar-refractivity contribution in [2.75, 3.05) is 27.2 Å². The zero-order valence-corrected chi connectivity index (χ0v) is 18.1. The first-order valence-corrected chi connectivity index (χ1v) is 11.3. The molecule has 6 nitrogen and oxygen atoms in total. The van der Waals surface area contributed by atoms with Crippen LogP contribution in [0.15, 0.2) is 53.4 Å². The molecule has 1 aliphatic heterocycles. The smallest absolute Gasteiger partial charge is 0.251 e. The third-order valence-electron chi connectivity index (χ3n) is 5.40. The lowest BCUT2D eigenvalue weighted by Crippen LogP contribution is -2.43. The van der Waals surface area contributed by atoms with Crippen molar-refractivity contribution in [2.24, 2.45) is 0 Å². The highest BCUT2D eigenvalue weighted by Gasteiger charge is 2.21. The number of nitrogens with zero attached hydrogens (tertiary/aromatic N) is 2. The van der Waals surface area contributed by atoms with Gasteiger partial charge in [0, 0.05) is 25.2 Å². The highest BCUT2D eigenvalue weighted by molar-refractivity contribution is 7.89. The molecule has 3 rings (SSSR count). The van der Waals surface area contributed by atoms with Gasteiger partial charge in [-0.05, 0) is 69.7 Å². The molecule has 29 heavy (non-hydrogen) atoms. The predicted octanol–water partition coefficient (Wildman–Crippen LogP) is 2.64. The highest BCUT2D eigenvalue weighted by Crippen LogP contribution is 2.18. The molecule has 2 aromatic rings. The van der Waals surface area contributed by atoms with E-state index < -0.39 is 10.0 Å². The van der Waals surface area contributed by atoms with Gasteiger partial charge in [-0.2, -0.15) is 4.31 Å². The third-order valence-corrected chi connectivity index (χ3v) is 7.22. The Bertz CT molecular complexity index is 932. The largest absolute Gasteiger partial charge is 0.349 e. The standard InChI is InChI=1S/C22H29N3O3S/c1-17-4-10-21(11-5-17)29(27,28)25(3)16-18-6-8-19(9-7-18)22(26)23-20-12-14-24(2)15-13-20/h4-11,20H,12-16H2,1-3H3,(H,23,26). The first-order valence-electron chi connectivity index (χ1n) is 9.87. The van der Waals surface area contributed by atoms with Crippen molar-refractivity contribution in [3.63, 3.8) is 0 Å². The quantitative estimate of drug-likeness (QED) is 0.788. The van der Waals surface area contributed by atoms with Gasteiger partial charge in [0.2, 0.25) is 10.0 Å². The number of rotatable bonds is 6. The van der Waals surface area contributed by atoms with Gasteiger partial charge in [-0.3, -0.25) is 4.79 Å². The molecule has 2 aromatic carbocycles. The first-order chi connectivity index (χ1) is 13.8. The van der Waals surface area contributed by atoms with Crippen molar-refractivity contribution in [3.05, 3.63) is 65.2 Å². The van der Waals surface area contributed by atoms with Crippen LogP contribution in [0.1, 0.15) is 34.3 Å². The summed E-state index contributed by atoms with van der Waals surface area (Å²) in [6.07, 6.45) is 1.92. The number of likely N-dealkylation sites (tertiary alicyclic amines) is 1. The number of carbonyl (C=O) groups is 1. The highest BCUT2D eigenvalue weighted by atomic mass is 32.2. The van der Waals surface area contributed by atoms with Crippen LogP contribution in [0.25, 0.3) is 0 Å². The van der Waals surface area contributed by atoms with Crippen LogP contribution in [-0.4, -0.2) is 56.8 Å². The van der Waals surface area contributed by atoms with Crippen molar-refractivity contribution in [2.45, 2.75) is 37.2 Å². The van der Waals surface area contributed by atoms with Gasteiger partial charge in [-0.1, -0.05) is 29.8 Å². The van der Waals surface area contributed by atoms with Crippen molar-refractivity contribution < 1.29 is 13.2 Å². The number of nitrogens with one attached hydrogen (secondary N) is 1. The van der Waals surface area contributed by atoms with E-state index in [0.717, 1.165) is 37.1 Å². The molecule has 156 valence electrons. The van der Waals surface area contributed by atoms with Gasteiger partial charge in [0.25, 0.3) is 5.91 Å². The van der Waals surface area contributed by atoms with Crippen LogP contribution in [0.5, 0.6) is 0 Å². The van der Waals surface area contributed by atoms with Gasteiger partial charge in [0.15, 0.2) is 0 Å². The molecular weight excluding hydrogens is 386 g/mol. The van der Waals surface area contributed by atoms with E-state index in [1.807, 2.05) is 19.1 Å². The molecule has 0 radical (unpaired) electrons. The molecule has 0 aromatic heterocycles. The van der Waals surface area contributed by atoms with E-state index in [9.17, 15) is 13.2 Å². The summed E-state index contributed by atoms with van der Waals surface area (Å²) in [4.78, 5) is 15.0. The maximum atomic E-state index is 12.7. The number of carbonyl (C=O) groups excluding carboxylic acids is 1. The number of aryl methyl sites for hydroxylation is 1. The Kier molecular flexibility index (Phi) is 6.72. The molecule has 1 fully saturated rings. The van der Waals surface area contributed by atoms with Gasteiger partial charge in [0.05, 0.1) is 4.90 Å². The van der Waals surface area contributed by atoms with E-state index in [-0.39, 0.29) is 23.4 Å². The summed E-state index contributed by atoms with van der Waals surface area (Å²) in [5.74, 6) is -0.0771. The zero-order valence-electron chi connectivity index (χ0n) is 17.3. The van der Waals surface area contributed by atoms with Gasteiger partial charge in [-0.25, -0.2) is 8.42 Å². The molecule has 1 saturated heterocycles. The van der Waals surface area contributed by atoms with E-state index in [1.54, 1.807) is 43.4 Å². The average molecular weight is 416 g/mol. The fraction of sp³-hybridized carbons (Fsp3) is 0.409. The van der Waals surface area contributed by atoms with Crippen LogP contribution >= 0.6 is 0 Å². The van der Waals surface area contributed by atoms with Gasteiger partial charge in [-0.15, -0.1) is 0 Å². The van der Waals surface area contributed by atoms with E-state index in [4.69, 9.17) is 0 Å². The van der Waals surface area contributed by atoms with Crippen LogP contribution < -0.4 is 5.32 Å². The van der Waals surface area contributed by atoms with Crippen LogP contribution in [0.2, 0.25) is 0 Å². The number of piperidine rings is 1. The summed E-state index contributed by atoms with van der Waals surface area (Å²) in [5.41, 5.74) is 2.44. The average Bonchev–Trinajstić information content (AvgIpc) is 2.70. The molecule has 1 heterocycles. The maximum absolute atomic E-state index is 12.7. The second-order valence-electron chi connectivity index (χ2n) is 7.82. The first kappa shape index (κ1) is 21.5. The van der Waals surface area contributed by atoms with Crippen LogP contribution in [0.3, 0.4) is 0 Å². The number of amides is 1. The van der Waals surface area contributed by atoms with Crippen LogP contribution in [0, 0.1) is 6.92 Å². The van der Waals surface area contributed by atoms with Gasteiger partial charge < -0.3 is 10.2 Å². The fourth-order valence-corrected chi connectivity index (χ4v) is 4.57. The Hall–Kier alpha value is -2.22. The SMILES string of the molecule is Cc1ccc(S(=O)(=O)N(C)Cc2ccc(C(=O)NC3CCN(C)CC3)cc2)cc1. The number of benzene rings is 2. The minimum atomic E-state index is -3.55. The zero-order chi connectivity index (χ0) is 21.0. The van der Waals surface area contributed by atoms with Crippen molar-refractivity contribution in [1.82, 2.24) is 14.5 Å². The molecule has 7 heteroatoms. The maximum Gasteiger partial charge on any atom is 0.251 e. The Balaban J connectivity index is 1.61. The summed E-state index contributed by atoms with van der Waals surface area (Å²) in [6, 6.07) is 14.2. The van der Waals surface area contributed by atoms with Gasteiger partial charge >= 0.3 is 0 Å². The second kappa shape index (κ2) is 9.07. The minimum Gasteiger partial charge on any atom is -0.349 e. The summed E-state index contributed by atoms with van der Waals surface area (Å²) < 4.78 is 26.8. The topological polar surface area (TPSA) is 69.7 Å². The second-order valence-corrected chi connectivity index (χ2v) is 9.87. The predicted molar refractivity (Wildman–Crippen MR) is 114 cm³/mol. The van der Waals surface area contributed by atoms with Crippen molar-refractivity contribution >= 4 is 15.9 Å². The van der Waals surface area contributed by atoms with E-state index >= 15 is 0 Å². The summed E-state index contributed by atoms with van der Waals surface area (Å²) >= 11 is 0. The summed E-state index contributed by atoms with van der Waals surface area (Å²) in [6.45, 7) is 4.15. The molecule has 0 atom stereocenters. The van der Waals surface area contributed by atoms with E-state index in [1.165, 1.54) is 4.31 Å². The van der Waals surface area contributed by atoms with E-state index in [0.29, 0.717) is 5.56 Å². The van der Waals surface area contributed by atoms with Gasteiger partial charge in [0.1, 0.15) is 0 Å². The number of hydrogen-bond donors (Lipinski definition) is 1. The third kappa shape index (κ3) is 5.44. The number of sulfonamides is 1. The Labute approximate surface area is 173 Å². The Morgan fingerprint density at radius 1 is 1.07 bits per heavy atom. The fourth-order valence-electron chi connectivity index (χ4n) is 3.42. The van der Waals surface area contributed by atoms with Crippen molar-refractivity contribution in [3.8, 4) is 0 Å². The molecule has 1 aliphatic rings. The molecular formula is C22H29N3O3S. The normalized spacial score (nSPS) is 16.1.